The van der Waals surface area contributed by atoms with Crippen LogP contribution in [0.5, 0.6) is 0 Å². The number of aromatic nitrogens is 7. The van der Waals surface area contributed by atoms with Crippen molar-refractivity contribution >= 4 is 17.0 Å². The van der Waals surface area contributed by atoms with Gasteiger partial charge < -0.3 is 10.3 Å². The first-order valence-corrected chi connectivity index (χ1v) is 10.4. The van der Waals surface area contributed by atoms with Crippen molar-refractivity contribution in [1.29, 1.82) is 5.26 Å². The molecule has 0 atom stereocenters. The molecule has 5 rings (SSSR count). The number of nitrogens with two attached hydrogens (primary N) is 1. The van der Waals surface area contributed by atoms with Crippen LogP contribution in [-0.2, 0) is 5.54 Å². The van der Waals surface area contributed by atoms with Gasteiger partial charge in [-0.3, -0.25) is 0 Å². The summed E-state index contributed by atoms with van der Waals surface area (Å²) in [5, 5.41) is 13.7. The van der Waals surface area contributed by atoms with E-state index in [4.69, 9.17) is 10.7 Å². The van der Waals surface area contributed by atoms with Crippen LogP contribution in [0.25, 0.3) is 39.2 Å². The third kappa shape index (κ3) is 3.57. The van der Waals surface area contributed by atoms with Crippen LogP contribution in [0.3, 0.4) is 0 Å². The summed E-state index contributed by atoms with van der Waals surface area (Å²) in [6.45, 7) is 6.41. The Hall–Kier alpha value is -4.58. The van der Waals surface area contributed by atoms with Gasteiger partial charge in [0.15, 0.2) is 0 Å². The number of imidazole rings is 1. The fraction of sp³-hybridized carbons (Fsp3) is 0.167. The lowest BCUT2D eigenvalue weighted by molar-refractivity contribution is 0.413. The lowest BCUT2D eigenvalue weighted by Crippen LogP contribution is -2.23. The molecule has 2 aromatic carbocycles. The van der Waals surface area contributed by atoms with E-state index in [1.807, 2.05) is 18.2 Å². The molecular weight excluding hydrogens is 414 g/mol. The second kappa shape index (κ2) is 7.53. The van der Waals surface area contributed by atoms with Crippen LogP contribution in [-0.4, -0.2) is 34.3 Å². The van der Waals surface area contributed by atoms with Crippen molar-refractivity contribution in [1.82, 2.24) is 34.3 Å². The minimum atomic E-state index is -0.260. The molecule has 0 bridgehead atoms. The Bertz CT molecular complexity index is 1500. The number of hydrogen-bond donors (Lipinski definition) is 1. The topological polar surface area (TPSA) is 124 Å². The summed E-state index contributed by atoms with van der Waals surface area (Å²) in [6, 6.07) is 13.8. The minimum absolute atomic E-state index is 0.237. The van der Waals surface area contributed by atoms with Crippen molar-refractivity contribution in [3.8, 4) is 34.3 Å². The number of anilines is 1. The molecule has 3 heterocycles. The van der Waals surface area contributed by atoms with Gasteiger partial charge in [0.2, 0.25) is 5.95 Å². The molecule has 9 heteroatoms. The predicted octanol–water partition coefficient (Wildman–Crippen LogP) is 3.95. The molecule has 0 aliphatic heterocycles. The number of benzene rings is 2. The Morgan fingerprint density at radius 3 is 2.45 bits per heavy atom. The average molecular weight is 435 g/mol. The maximum atomic E-state index is 9.44. The van der Waals surface area contributed by atoms with Gasteiger partial charge in [-0.15, -0.1) is 0 Å². The van der Waals surface area contributed by atoms with Gasteiger partial charge in [-0.1, -0.05) is 6.07 Å². The largest absolute Gasteiger partial charge is 0.368 e. The van der Waals surface area contributed by atoms with E-state index in [0.717, 1.165) is 39.2 Å². The van der Waals surface area contributed by atoms with E-state index >= 15 is 0 Å². The number of nitrogens with zero attached hydrogens (tertiary/aromatic N) is 8. The molecule has 0 fully saturated rings. The van der Waals surface area contributed by atoms with Gasteiger partial charge in [0.05, 0.1) is 28.4 Å². The predicted molar refractivity (Wildman–Crippen MR) is 125 cm³/mol. The molecule has 33 heavy (non-hydrogen) atoms. The standard InChI is InChI=1S/C24H21N9/c1-24(2,3)33-20-7-5-16(17-11-28-23(26)29-12-17)9-19(20)31-22(33)18-6-4-15(10-25)8-21(18)32-14-27-13-30-32/h4-9,11-14H,1-3H3,(H2,26,28,29). The number of fused-ring (bicyclic) bond motifs is 1. The highest BCUT2D eigenvalue weighted by atomic mass is 15.3. The summed E-state index contributed by atoms with van der Waals surface area (Å²) in [5.74, 6) is 1.01. The van der Waals surface area contributed by atoms with Crippen molar-refractivity contribution in [2.45, 2.75) is 26.3 Å². The molecule has 0 saturated carbocycles. The monoisotopic (exact) mass is 435 g/mol. The van der Waals surface area contributed by atoms with Crippen LogP contribution >= 0.6 is 0 Å². The lowest BCUT2D eigenvalue weighted by atomic mass is 10.0. The summed E-state index contributed by atoms with van der Waals surface area (Å²) in [7, 11) is 0. The molecule has 2 N–H and O–H groups in total. The van der Waals surface area contributed by atoms with Crippen LogP contribution in [0, 0.1) is 11.3 Å². The van der Waals surface area contributed by atoms with E-state index in [-0.39, 0.29) is 11.5 Å². The van der Waals surface area contributed by atoms with Gasteiger partial charge in [0, 0.05) is 29.1 Å². The highest BCUT2D eigenvalue weighted by Crippen LogP contribution is 2.35. The molecule has 0 saturated heterocycles. The molecule has 162 valence electrons. The van der Waals surface area contributed by atoms with Gasteiger partial charge in [-0.2, -0.15) is 10.4 Å². The van der Waals surface area contributed by atoms with Crippen LogP contribution in [0.2, 0.25) is 0 Å². The number of nitriles is 1. The zero-order valence-electron chi connectivity index (χ0n) is 18.4. The fourth-order valence-corrected chi connectivity index (χ4v) is 3.92. The van der Waals surface area contributed by atoms with Gasteiger partial charge in [-0.05, 0) is 56.7 Å². The first-order chi connectivity index (χ1) is 15.8. The quantitative estimate of drug-likeness (QED) is 0.455. The van der Waals surface area contributed by atoms with Gasteiger partial charge in [0.25, 0.3) is 0 Å². The molecule has 0 aliphatic carbocycles. The lowest BCUT2D eigenvalue weighted by Gasteiger charge is -2.25. The van der Waals surface area contributed by atoms with Crippen molar-refractivity contribution in [3.05, 3.63) is 67.0 Å². The first kappa shape index (κ1) is 20.3. The Labute approximate surface area is 190 Å². The minimum Gasteiger partial charge on any atom is -0.368 e. The molecule has 3 aromatic heterocycles. The summed E-state index contributed by atoms with van der Waals surface area (Å²) in [4.78, 5) is 17.3. The SMILES string of the molecule is CC(C)(C)n1c(-c2ccc(C#N)cc2-n2cncn2)nc2cc(-c3cnc(N)nc3)ccc21. The van der Waals surface area contributed by atoms with E-state index in [9.17, 15) is 5.26 Å². The molecule has 0 radical (unpaired) electrons. The molecule has 5 aromatic rings. The average Bonchev–Trinajstić information content (AvgIpc) is 3.46. The van der Waals surface area contributed by atoms with Crippen molar-refractivity contribution in [2.75, 3.05) is 5.73 Å². The van der Waals surface area contributed by atoms with Crippen LogP contribution in [0.4, 0.5) is 5.95 Å². The third-order valence-corrected chi connectivity index (χ3v) is 5.36. The second-order valence-electron chi connectivity index (χ2n) is 8.66. The molecule has 0 amide bonds. The summed E-state index contributed by atoms with van der Waals surface area (Å²) in [6.07, 6.45) is 6.49. The number of nitrogen functional groups attached to an aromatic ring is 1. The van der Waals surface area contributed by atoms with Crippen LogP contribution < -0.4 is 5.73 Å². The molecule has 9 nitrogen and oxygen atoms in total. The maximum absolute atomic E-state index is 9.44. The summed E-state index contributed by atoms with van der Waals surface area (Å²) in [5.41, 5.74) is 11.1. The zero-order valence-corrected chi connectivity index (χ0v) is 18.4. The zero-order chi connectivity index (χ0) is 23.2. The van der Waals surface area contributed by atoms with Gasteiger partial charge in [0.1, 0.15) is 18.5 Å². The van der Waals surface area contributed by atoms with Gasteiger partial charge >= 0.3 is 0 Å². The third-order valence-electron chi connectivity index (χ3n) is 5.36. The maximum Gasteiger partial charge on any atom is 0.219 e. The van der Waals surface area contributed by atoms with Crippen molar-refractivity contribution in [3.63, 3.8) is 0 Å². The fourth-order valence-electron chi connectivity index (χ4n) is 3.92. The molecular formula is C24H21N9. The van der Waals surface area contributed by atoms with E-state index in [1.54, 1.807) is 35.5 Å². The Kier molecular flexibility index (Phi) is 4.64. The van der Waals surface area contributed by atoms with Gasteiger partial charge in [-0.25, -0.2) is 24.6 Å². The van der Waals surface area contributed by atoms with Crippen molar-refractivity contribution < 1.29 is 0 Å². The smallest absolute Gasteiger partial charge is 0.219 e. The Balaban J connectivity index is 1.77. The summed E-state index contributed by atoms with van der Waals surface area (Å²) >= 11 is 0. The molecule has 0 spiro atoms. The van der Waals surface area contributed by atoms with E-state index in [0.29, 0.717) is 5.56 Å². The van der Waals surface area contributed by atoms with E-state index in [1.165, 1.54) is 6.33 Å². The number of hydrogen-bond acceptors (Lipinski definition) is 7. The second-order valence-corrected chi connectivity index (χ2v) is 8.66. The van der Waals surface area contributed by atoms with E-state index in [2.05, 4.69) is 57.5 Å². The normalized spacial score (nSPS) is 11.6. The molecule has 0 aliphatic rings. The highest BCUT2D eigenvalue weighted by molar-refractivity contribution is 5.87. The molecule has 0 unspecified atom stereocenters. The summed E-state index contributed by atoms with van der Waals surface area (Å²) < 4.78 is 3.85. The Morgan fingerprint density at radius 2 is 1.79 bits per heavy atom. The van der Waals surface area contributed by atoms with Crippen LogP contribution in [0.1, 0.15) is 26.3 Å². The first-order valence-electron chi connectivity index (χ1n) is 10.4. The Morgan fingerprint density at radius 1 is 1.00 bits per heavy atom. The van der Waals surface area contributed by atoms with Crippen molar-refractivity contribution in [2.24, 2.45) is 0 Å². The van der Waals surface area contributed by atoms with Crippen LogP contribution in [0.15, 0.2) is 61.4 Å². The van der Waals surface area contributed by atoms with E-state index < -0.39 is 0 Å². The number of rotatable bonds is 3. The highest BCUT2D eigenvalue weighted by Gasteiger charge is 2.25.